The van der Waals surface area contributed by atoms with Crippen LogP contribution in [0.25, 0.3) is 0 Å². The maximum atomic E-state index is 10.9. The number of hydrogen-bond acceptors (Lipinski definition) is 1. The van der Waals surface area contributed by atoms with Gasteiger partial charge in [-0.3, -0.25) is 4.57 Å². The standard InChI is InChI=1S/C5H11Cl3NOP/c1-9(11(7,8)10)5-3-2-4-6/h2-5H2,1H3. The smallest absolute Gasteiger partial charge is 0.271 e. The normalized spacial score (nSPS) is 12.5. The van der Waals surface area contributed by atoms with Gasteiger partial charge in [0.15, 0.2) is 0 Å². The predicted molar refractivity (Wildman–Crippen MR) is 51.9 cm³/mol. The van der Waals surface area contributed by atoms with Gasteiger partial charge in [0.05, 0.1) is 0 Å². The summed E-state index contributed by atoms with van der Waals surface area (Å²) >= 11 is 16.2. The Morgan fingerprint density at radius 2 is 1.91 bits per heavy atom. The van der Waals surface area contributed by atoms with Crippen molar-refractivity contribution in [2.45, 2.75) is 12.8 Å². The number of halogens is 3. The Bertz CT molecular complexity index is 149. The number of rotatable bonds is 5. The number of unbranched alkanes of at least 4 members (excludes halogenated alkanes) is 1. The molecule has 0 amide bonds. The molecular weight excluding hydrogens is 227 g/mol. The lowest BCUT2D eigenvalue weighted by molar-refractivity contribution is 0.480. The largest absolute Gasteiger partial charge is 0.321 e. The number of hydrogen-bond donors (Lipinski definition) is 0. The van der Waals surface area contributed by atoms with Gasteiger partial charge in [0.2, 0.25) is 0 Å². The summed E-state index contributed by atoms with van der Waals surface area (Å²) in [5.74, 6) is -2.45. The highest BCUT2D eigenvalue weighted by Crippen LogP contribution is 2.58. The molecule has 0 aliphatic heterocycles. The lowest BCUT2D eigenvalue weighted by atomic mass is 10.3. The molecule has 0 heterocycles. The van der Waals surface area contributed by atoms with Crippen LogP contribution < -0.4 is 0 Å². The van der Waals surface area contributed by atoms with E-state index in [1.807, 2.05) is 0 Å². The molecule has 0 radical (unpaired) electrons. The fraction of sp³-hybridized carbons (Fsp3) is 1.00. The quantitative estimate of drug-likeness (QED) is 0.415. The zero-order chi connectivity index (χ0) is 8.91. The van der Waals surface area contributed by atoms with Crippen LogP contribution in [0.2, 0.25) is 0 Å². The van der Waals surface area contributed by atoms with Gasteiger partial charge in [-0.05, 0) is 42.4 Å². The van der Waals surface area contributed by atoms with E-state index in [-0.39, 0.29) is 0 Å². The van der Waals surface area contributed by atoms with E-state index >= 15 is 0 Å². The van der Waals surface area contributed by atoms with Crippen LogP contribution in [0.15, 0.2) is 0 Å². The van der Waals surface area contributed by atoms with Crippen molar-refractivity contribution in [1.82, 2.24) is 4.67 Å². The highest BCUT2D eigenvalue weighted by atomic mass is 35.9. The maximum Gasteiger partial charge on any atom is 0.321 e. The minimum Gasteiger partial charge on any atom is -0.271 e. The minimum atomic E-state index is -3.06. The fourth-order valence-corrected chi connectivity index (χ4v) is 1.57. The van der Waals surface area contributed by atoms with Gasteiger partial charge in [-0.15, -0.1) is 11.6 Å². The lowest BCUT2D eigenvalue weighted by Gasteiger charge is -2.16. The van der Waals surface area contributed by atoms with Crippen molar-refractivity contribution in [3.05, 3.63) is 0 Å². The maximum absolute atomic E-state index is 10.9. The monoisotopic (exact) mass is 237 g/mol. The molecule has 0 saturated heterocycles. The number of nitrogens with zero attached hydrogens (tertiary/aromatic N) is 1. The highest BCUT2D eigenvalue weighted by Gasteiger charge is 2.19. The van der Waals surface area contributed by atoms with Crippen molar-refractivity contribution in [2.24, 2.45) is 0 Å². The molecule has 0 atom stereocenters. The first-order chi connectivity index (χ1) is 4.98. The summed E-state index contributed by atoms with van der Waals surface area (Å²) in [5, 5.41) is 0. The Labute approximate surface area is 81.8 Å². The molecule has 6 heteroatoms. The second-order valence-electron chi connectivity index (χ2n) is 2.21. The van der Waals surface area contributed by atoms with Gasteiger partial charge in [-0.25, -0.2) is 4.67 Å². The molecule has 0 saturated carbocycles. The van der Waals surface area contributed by atoms with Crippen molar-refractivity contribution < 1.29 is 4.57 Å². The van der Waals surface area contributed by atoms with Crippen molar-refractivity contribution >= 4 is 40.1 Å². The summed E-state index contributed by atoms with van der Waals surface area (Å²) in [5.41, 5.74) is 0. The van der Waals surface area contributed by atoms with Crippen LogP contribution in [-0.2, 0) is 4.57 Å². The Balaban J connectivity index is 3.53. The highest BCUT2D eigenvalue weighted by molar-refractivity contribution is 8.06. The zero-order valence-corrected chi connectivity index (χ0v) is 9.43. The minimum absolute atomic E-state index is 0.614. The van der Waals surface area contributed by atoms with Crippen molar-refractivity contribution in [3.63, 3.8) is 0 Å². The van der Waals surface area contributed by atoms with E-state index in [0.29, 0.717) is 12.4 Å². The van der Waals surface area contributed by atoms with Crippen molar-refractivity contribution in [1.29, 1.82) is 0 Å². The Kier molecular flexibility index (Phi) is 6.21. The Morgan fingerprint density at radius 1 is 1.36 bits per heavy atom. The molecule has 68 valence electrons. The van der Waals surface area contributed by atoms with Gasteiger partial charge >= 0.3 is 6.00 Å². The topological polar surface area (TPSA) is 20.3 Å². The molecule has 2 nitrogen and oxygen atoms in total. The average Bonchev–Trinajstić information content (AvgIpc) is 1.86. The first kappa shape index (κ1) is 12.1. The molecule has 0 fully saturated rings. The predicted octanol–water partition coefficient (Wildman–Crippen LogP) is 3.52. The molecule has 11 heavy (non-hydrogen) atoms. The molecule has 0 rings (SSSR count). The number of alkyl halides is 1. The molecule has 0 aliphatic carbocycles. The molecular formula is C5H11Cl3NOP. The summed E-state index contributed by atoms with van der Waals surface area (Å²) in [4.78, 5) is 0. The lowest BCUT2D eigenvalue weighted by Crippen LogP contribution is -2.11. The second kappa shape index (κ2) is 5.66. The molecule has 0 N–H and O–H groups in total. The fourth-order valence-electron chi connectivity index (χ4n) is 0.552. The van der Waals surface area contributed by atoms with Gasteiger partial charge in [-0.2, -0.15) is 0 Å². The first-order valence-corrected chi connectivity index (χ1v) is 7.26. The van der Waals surface area contributed by atoms with Crippen LogP contribution in [0, 0.1) is 0 Å². The van der Waals surface area contributed by atoms with E-state index in [0.717, 1.165) is 12.8 Å². The summed E-state index contributed by atoms with van der Waals surface area (Å²) in [6, 6.07) is 0. The van der Waals surface area contributed by atoms with Gasteiger partial charge in [-0.1, -0.05) is 0 Å². The SMILES string of the molecule is CN(CCCCCl)P(=O)(Cl)Cl. The van der Waals surface area contributed by atoms with Gasteiger partial charge in [0, 0.05) is 12.4 Å². The molecule has 0 unspecified atom stereocenters. The third kappa shape index (κ3) is 6.24. The van der Waals surface area contributed by atoms with Crippen molar-refractivity contribution in [3.8, 4) is 0 Å². The third-order valence-electron chi connectivity index (χ3n) is 1.26. The first-order valence-electron chi connectivity index (χ1n) is 3.25. The van der Waals surface area contributed by atoms with Crippen LogP contribution in [-0.4, -0.2) is 24.1 Å². The van der Waals surface area contributed by atoms with E-state index in [1.54, 1.807) is 7.05 Å². The molecule has 0 aromatic carbocycles. The van der Waals surface area contributed by atoms with Gasteiger partial charge < -0.3 is 0 Å². The summed E-state index contributed by atoms with van der Waals surface area (Å²) < 4.78 is 12.4. The van der Waals surface area contributed by atoms with Crippen LogP contribution in [0.4, 0.5) is 0 Å². The van der Waals surface area contributed by atoms with Crippen LogP contribution in [0.1, 0.15) is 12.8 Å². The summed E-state index contributed by atoms with van der Waals surface area (Å²) in [7, 11) is 1.63. The molecule has 0 aromatic heterocycles. The Morgan fingerprint density at radius 3 is 2.27 bits per heavy atom. The van der Waals surface area contributed by atoms with Crippen molar-refractivity contribution in [2.75, 3.05) is 19.5 Å². The van der Waals surface area contributed by atoms with E-state index in [4.69, 9.17) is 34.1 Å². The van der Waals surface area contributed by atoms with E-state index in [9.17, 15) is 4.57 Å². The second-order valence-corrected chi connectivity index (χ2v) is 7.41. The summed E-state index contributed by atoms with van der Waals surface area (Å²) in [6.07, 6.45) is 1.75. The van der Waals surface area contributed by atoms with Crippen LogP contribution in [0.5, 0.6) is 0 Å². The van der Waals surface area contributed by atoms with Gasteiger partial charge in [0.25, 0.3) is 0 Å². The van der Waals surface area contributed by atoms with E-state index < -0.39 is 6.00 Å². The third-order valence-corrected chi connectivity index (χ3v) is 4.07. The van der Waals surface area contributed by atoms with Crippen LogP contribution in [0.3, 0.4) is 0 Å². The zero-order valence-electron chi connectivity index (χ0n) is 6.26. The van der Waals surface area contributed by atoms with Crippen LogP contribution >= 0.6 is 40.1 Å². The molecule has 0 spiro atoms. The molecule has 0 bridgehead atoms. The summed E-state index contributed by atoms with van der Waals surface area (Å²) in [6.45, 7) is 0.622. The molecule has 0 aliphatic rings. The Hall–Kier alpha value is 1.06. The molecule has 0 aromatic rings. The van der Waals surface area contributed by atoms with Gasteiger partial charge in [0.1, 0.15) is 0 Å². The average molecular weight is 238 g/mol. The van der Waals surface area contributed by atoms with E-state index in [2.05, 4.69) is 0 Å². The van der Waals surface area contributed by atoms with E-state index in [1.165, 1.54) is 4.67 Å².